The molecule has 2 unspecified atom stereocenters. The van der Waals surface area contributed by atoms with Crippen molar-refractivity contribution in [1.29, 1.82) is 0 Å². The maximum Gasteiger partial charge on any atom is 0.191 e. The Bertz CT molecular complexity index is 531. The summed E-state index contributed by atoms with van der Waals surface area (Å²) in [5.74, 6) is 0.618. The normalized spacial score (nSPS) is 28.1. The molecule has 0 radical (unpaired) electrons. The van der Waals surface area contributed by atoms with Crippen molar-refractivity contribution in [2.75, 3.05) is 19.6 Å². The first-order chi connectivity index (χ1) is 10.7. The number of nitrogens with zero attached hydrogens (tertiary/aromatic N) is 1. The highest BCUT2D eigenvalue weighted by Crippen LogP contribution is 2.40. The first-order valence-electron chi connectivity index (χ1n) is 8.13. The lowest BCUT2D eigenvalue weighted by Crippen LogP contribution is -2.48. The second kappa shape index (κ2) is 6.65. The first-order valence-corrected chi connectivity index (χ1v) is 8.13. The first kappa shape index (κ1) is 15.3. The molecule has 3 rings (SSSR count). The zero-order valence-electron chi connectivity index (χ0n) is 12.8. The third-order valence-corrected chi connectivity index (χ3v) is 4.83. The molecule has 0 bridgehead atoms. The summed E-state index contributed by atoms with van der Waals surface area (Å²) in [4.78, 5) is 4.43. The molecule has 4 nitrogen and oxygen atoms in total. The van der Waals surface area contributed by atoms with E-state index in [1.165, 1.54) is 12.1 Å². The molecule has 1 saturated carbocycles. The van der Waals surface area contributed by atoms with Gasteiger partial charge in [-0.1, -0.05) is 18.6 Å². The number of halogens is 1. The summed E-state index contributed by atoms with van der Waals surface area (Å²) in [5, 5.41) is 17.1. The van der Waals surface area contributed by atoms with Crippen molar-refractivity contribution >= 4 is 5.96 Å². The topological polar surface area (TPSA) is 56.6 Å². The Hall–Kier alpha value is -1.62. The number of benzene rings is 1. The Kier molecular flexibility index (Phi) is 4.62. The van der Waals surface area contributed by atoms with Crippen molar-refractivity contribution in [2.45, 2.75) is 38.2 Å². The third kappa shape index (κ3) is 3.40. The molecule has 2 aliphatic rings. The molecule has 120 valence electrons. The Morgan fingerprint density at radius 2 is 2.14 bits per heavy atom. The van der Waals surface area contributed by atoms with E-state index in [0.717, 1.165) is 56.7 Å². The van der Waals surface area contributed by atoms with E-state index in [1.807, 2.05) is 12.1 Å². The Morgan fingerprint density at radius 1 is 1.32 bits per heavy atom. The van der Waals surface area contributed by atoms with Crippen LogP contribution in [0, 0.1) is 11.2 Å². The molecule has 0 spiro atoms. The second-order valence-electron chi connectivity index (χ2n) is 6.44. The molecular formula is C17H24FN3O. The minimum atomic E-state index is -0.325. The Balaban J connectivity index is 1.70. The quantitative estimate of drug-likeness (QED) is 0.795. The smallest absolute Gasteiger partial charge is 0.191 e. The number of aliphatic imine (C=N–C) groups is 1. The van der Waals surface area contributed by atoms with Gasteiger partial charge in [0.25, 0.3) is 0 Å². The number of aliphatic hydroxyl groups excluding tert-OH is 1. The van der Waals surface area contributed by atoms with Crippen molar-refractivity contribution in [3.05, 3.63) is 35.6 Å². The lowest BCUT2D eigenvalue weighted by Gasteiger charge is -2.34. The van der Waals surface area contributed by atoms with Gasteiger partial charge < -0.3 is 15.7 Å². The number of hydrogen-bond acceptors (Lipinski definition) is 4. The van der Waals surface area contributed by atoms with Gasteiger partial charge in [-0.05, 0) is 43.4 Å². The Labute approximate surface area is 130 Å². The van der Waals surface area contributed by atoms with Crippen LogP contribution in [0.4, 0.5) is 4.39 Å². The predicted molar refractivity (Wildman–Crippen MR) is 85.3 cm³/mol. The van der Waals surface area contributed by atoms with Crippen molar-refractivity contribution in [1.82, 2.24) is 10.6 Å². The maximum absolute atomic E-state index is 13.1. The highest BCUT2D eigenvalue weighted by molar-refractivity contribution is 5.80. The van der Waals surface area contributed by atoms with E-state index in [4.69, 9.17) is 0 Å². The Morgan fingerprint density at radius 3 is 2.77 bits per heavy atom. The van der Waals surface area contributed by atoms with Crippen molar-refractivity contribution in [3.8, 4) is 0 Å². The largest absolute Gasteiger partial charge is 0.392 e. The summed E-state index contributed by atoms with van der Waals surface area (Å²) in [7, 11) is 0. The molecule has 2 atom stereocenters. The van der Waals surface area contributed by atoms with E-state index in [9.17, 15) is 9.50 Å². The van der Waals surface area contributed by atoms with E-state index < -0.39 is 0 Å². The third-order valence-electron chi connectivity index (χ3n) is 4.83. The molecule has 0 aromatic heterocycles. The lowest BCUT2D eigenvalue weighted by molar-refractivity contribution is 0.0553. The number of aliphatic hydroxyl groups is 1. The molecule has 5 heteroatoms. The van der Waals surface area contributed by atoms with Crippen molar-refractivity contribution < 1.29 is 9.50 Å². The standard InChI is InChI=1S/C17H24FN3O/c18-14-6-4-13(5-7-14)11-17(8-1-3-15(17)22)12-21-16-19-9-2-10-20-16/h4-7,15,22H,1-3,8-12H2,(H2,19,20,21). The average Bonchev–Trinajstić information content (AvgIpc) is 2.90. The van der Waals surface area contributed by atoms with Crippen molar-refractivity contribution in [3.63, 3.8) is 0 Å². The van der Waals surface area contributed by atoms with Crippen LogP contribution in [-0.4, -0.2) is 36.8 Å². The zero-order chi connectivity index (χ0) is 15.4. The predicted octanol–water partition coefficient (Wildman–Crippen LogP) is 1.84. The van der Waals surface area contributed by atoms with E-state index >= 15 is 0 Å². The minimum Gasteiger partial charge on any atom is -0.392 e. The molecule has 22 heavy (non-hydrogen) atoms. The van der Waals surface area contributed by atoms with Crippen LogP contribution in [-0.2, 0) is 6.42 Å². The summed E-state index contributed by atoms with van der Waals surface area (Å²) >= 11 is 0. The summed E-state index contributed by atoms with van der Waals surface area (Å²) < 4.78 is 13.1. The van der Waals surface area contributed by atoms with Crippen LogP contribution in [0.1, 0.15) is 31.2 Å². The molecule has 0 saturated heterocycles. The van der Waals surface area contributed by atoms with Crippen molar-refractivity contribution in [2.24, 2.45) is 10.4 Å². The lowest BCUT2D eigenvalue weighted by atomic mass is 9.78. The fraction of sp³-hybridized carbons (Fsp3) is 0.588. The summed E-state index contributed by atoms with van der Waals surface area (Å²) in [6, 6.07) is 6.62. The van der Waals surface area contributed by atoms with Gasteiger partial charge in [0.2, 0.25) is 0 Å². The summed E-state index contributed by atoms with van der Waals surface area (Å²) in [5.41, 5.74) is 0.877. The van der Waals surface area contributed by atoms with Crippen LogP contribution in [0.5, 0.6) is 0 Å². The molecule has 0 amide bonds. The van der Waals surface area contributed by atoms with Gasteiger partial charge in [-0.2, -0.15) is 0 Å². The molecule has 1 aliphatic heterocycles. The van der Waals surface area contributed by atoms with E-state index in [0.29, 0.717) is 6.54 Å². The average molecular weight is 305 g/mol. The molecule has 1 fully saturated rings. The van der Waals surface area contributed by atoms with Crippen LogP contribution < -0.4 is 10.6 Å². The van der Waals surface area contributed by atoms with E-state index in [1.54, 1.807) is 0 Å². The zero-order valence-corrected chi connectivity index (χ0v) is 12.8. The van der Waals surface area contributed by atoms with Crippen LogP contribution in [0.2, 0.25) is 0 Å². The summed E-state index contributed by atoms with van der Waals surface area (Å²) in [6.45, 7) is 2.49. The number of nitrogens with one attached hydrogen (secondary N) is 2. The monoisotopic (exact) mass is 305 g/mol. The van der Waals surface area contributed by atoms with E-state index in [2.05, 4.69) is 15.6 Å². The SMILES string of the molecule is OC1CCCC1(CNC1=NCCCN1)Cc1ccc(F)cc1. The van der Waals surface area contributed by atoms with Gasteiger partial charge in [-0.3, -0.25) is 4.99 Å². The van der Waals surface area contributed by atoms with Gasteiger partial charge in [0, 0.05) is 25.0 Å². The number of hydrogen-bond donors (Lipinski definition) is 3. The van der Waals surface area contributed by atoms with Gasteiger partial charge in [0.05, 0.1) is 6.10 Å². The number of rotatable bonds is 4. The van der Waals surface area contributed by atoms with Gasteiger partial charge in [0.1, 0.15) is 5.82 Å². The second-order valence-corrected chi connectivity index (χ2v) is 6.44. The van der Waals surface area contributed by atoms with Gasteiger partial charge in [0.15, 0.2) is 5.96 Å². The van der Waals surface area contributed by atoms with Crippen LogP contribution >= 0.6 is 0 Å². The fourth-order valence-electron chi connectivity index (χ4n) is 3.51. The maximum atomic E-state index is 13.1. The summed E-state index contributed by atoms with van der Waals surface area (Å²) in [6.07, 6.45) is 4.34. The van der Waals surface area contributed by atoms with Gasteiger partial charge >= 0.3 is 0 Å². The molecule has 3 N–H and O–H groups in total. The minimum absolute atomic E-state index is 0.195. The van der Waals surface area contributed by atoms with Crippen LogP contribution in [0.15, 0.2) is 29.3 Å². The van der Waals surface area contributed by atoms with E-state index in [-0.39, 0.29) is 17.3 Å². The van der Waals surface area contributed by atoms with Gasteiger partial charge in [-0.25, -0.2) is 4.39 Å². The highest BCUT2D eigenvalue weighted by atomic mass is 19.1. The molecule has 1 aliphatic carbocycles. The molecule has 1 heterocycles. The highest BCUT2D eigenvalue weighted by Gasteiger charge is 2.42. The van der Waals surface area contributed by atoms with Crippen LogP contribution in [0.25, 0.3) is 0 Å². The van der Waals surface area contributed by atoms with Crippen LogP contribution in [0.3, 0.4) is 0 Å². The molecular weight excluding hydrogens is 281 g/mol. The number of guanidine groups is 1. The molecule has 1 aromatic rings. The fourth-order valence-corrected chi connectivity index (χ4v) is 3.51. The molecule has 1 aromatic carbocycles. The van der Waals surface area contributed by atoms with Gasteiger partial charge in [-0.15, -0.1) is 0 Å².